The summed E-state index contributed by atoms with van der Waals surface area (Å²) in [5.41, 5.74) is 2.44. The van der Waals surface area contributed by atoms with Crippen LogP contribution in [0.15, 0.2) is 42.6 Å². The lowest BCUT2D eigenvalue weighted by Gasteiger charge is -2.15. The van der Waals surface area contributed by atoms with Crippen LogP contribution >= 0.6 is 0 Å². The van der Waals surface area contributed by atoms with Crippen LogP contribution in [0.4, 0.5) is 0 Å². The van der Waals surface area contributed by atoms with Gasteiger partial charge in [0.1, 0.15) is 0 Å². The van der Waals surface area contributed by atoms with Crippen LogP contribution in [0.5, 0.6) is 0 Å². The molecule has 3 heteroatoms. The molecule has 2 rings (SSSR count). The molecule has 1 unspecified atom stereocenters. The van der Waals surface area contributed by atoms with E-state index < -0.39 is 0 Å². The number of likely N-dealkylation sites (N-methyl/N-ethyl adjacent to an activating group) is 1. The van der Waals surface area contributed by atoms with Gasteiger partial charge >= 0.3 is 0 Å². The Morgan fingerprint density at radius 2 is 1.89 bits per heavy atom. The topological polar surface area (TPSA) is 29.9 Å². The molecule has 0 saturated carbocycles. The van der Waals surface area contributed by atoms with Crippen LogP contribution in [0, 0.1) is 0 Å². The van der Waals surface area contributed by atoms with E-state index in [4.69, 9.17) is 0 Å². The van der Waals surface area contributed by atoms with E-state index in [0.29, 0.717) is 12.1 Å². The zero-order chi connectivity index (χ0) is 13.0. The molecule has 0 bridgehead atoms. The molecule has 0 aliphatic heterocycles. The molecular weight excluding hydrogens is 222 g/mol. The predicted octanol–water partition coefficient (Wildman–Crippen LogP) is 2.97. The van der Waals surface area contributed by atoms with E-state index in [1.807, 2.05) is 17.8 Å². The summed E-state index contributed by atoms with van der Waals surface area (Å²) >= 11 is 0. The highest BCUT2D eigenvalue weighted by Crippen LogP contribution is 2.17. The Kier molecular flexibility index (Phi) is 4.15. The molecule has 1 aromatic carbocycles. The summed E-state index contributed by atoms with van der Waals surface area (Å²) in [6, 6.07) is 13.3. The molecule has 1 atom stereocenters. The molecule has 1 N–H and O–H groups in total. The standard InChI is InChI=1S/C15H21N3/c1-12(2)18-10-9-14(17-18)11-15(16-3)13-7-5-4-6-8-13/h4-10,12,15-16H,11H2,1-3H3. The molecule has 96 valence electrons. The summed E-state index contributed by atoms with van der Waals surface area (Å²) in [5.74, 6) is 0. The number of hydrogen-bond acceptors (Lipinski definition) is 2. The number of benzene rings is 1. The van der Waals surface area contributed by atoms with Crippen LogP contribution in [-0.4, -0.2) is 16.8 Å². The molecule has 0 fully saturated rings. The van der Waals surface area contributed by atoms with E-state index in [-0.39, 0.29) is 0 Å². The monoisotopic (exact) mass is 243 g/mol. The third-order valence-electron chi connectivity index (χ3n) is 3.16. The second-order valence-corrected chi connectivity index (χ2v) is 4.84. The van der Waals surface area contributed by atoms with Crippen molar-refractivity contribution in [1.82, 2.24) is 15.1 Å². The summed E-state index contributed by atoms with van der Waals surface area (Å²) in [7, 11) is 2.00. The van der Waals surface area contributed by atoms with E-state index in [1.54, 1.807) is 0 Å². The van der Waals surface area contributed by atoms with Gasteiger partial charge in [0.25, 0.3) is 0 Å². The SMILES string of the molecule is CNC(Cc1ccn(C(C)C)n1)c1ccccc1. The summed E-state index contributed by atoms with van der Waals surface area (Å²) in [6.45, 7) is 4.28. The summed E-state index contributed by atoms with van der Waals surface area (Å²) in [4.78, 5) is 0. The minimum atomic E-state index is 0.321. The van der Waals surface area contributed by atoms with Crippen LogP contribution in [-0.2, 0) is 6.42 Å². The fourth-order valence-corrected chi connectivity index (χ4v) is 2.05. The van der Waals surface area contributed by atoms with Crippen molar-refractivity contribution in [2.45, 2.75) is 32.4 Å². The molecule has 0 saturated heterocycles. The average molecular weight is 243 g/mol. The summed E-state index contributed by atoms with van der Waals surface area (Å²) in [6.07, 6.45) is 2.97. The third kappa shape index (κ3) is 2.99. The number of aromatic nitrogens is 2. The van der Waals surface area contributed by atoms with Crippen molar-refractivity contribution < 1.29 is 0 Å². The van der Waals surface area contributed by atoms with Gasteiger partial charge < -0.3 is 5.32 Å². The third-order valence-corrected chi connectivity index (χ3v) is 3.16. The van der Waals surface area contributed by atoms with Crippen LogP contribution in [0.2, 0.25) is 0 Å². The molecule has 0 aliphatic carbocycles. The summed E-state index contributed by atoms with van der Waals surface area (Å²) in [5, 5.41) is 7.96. The van der Waals surface area contributed by atoms with Crippen molar-refractivity contribution in [3.63, 3.8) is 0 Å². The van der Waals surface area contributed by atoms with Crippen molar-refractivity contribution in [3.8, 4) is 0 Å². The zero-order valence-electron chi connectivity index (χ0n) is 11.3. The van der Waals surface area contributed by atoms with Gasteiger partial charge in [0, 0.05) is 24.7 Å². The number of nitrogens with one attached hydrogen (secondary N) is 1. The van der Waals surface area contributed by atoms with Crippen LogP contribution < -0.4 is 5.32 Å². The molecule has 0 radical (unpaired) electrons. The lowest BCUT2D eigenvalue weighted by molar-refractivity contribution is 0.515. The molecule has 18 heavy (non-hydrogen) atoms. The first kappa shape index (κ1) is 12.8. The maximum atomic E-state index is 4.60. The van der Waals surface area contributed by atoms with Gasteiger partial charge in [-0.15, -0.1) is 0 Å². The minimum absolute atomic E-state index is 0.321. The van der Waals surface area contributed by atoms with Gasteiger partial charge in [0.05, 0.1) is 5.69 Å². The second-order valence-electron chi connectivity index (χ2n) is 4.84. The molecule has 1 heterocycles. The van der Waals surface area contributed by atoms with E-state index in [2.05, 4.69) is 60.8 Å². The van der Waals surface area contributed by atoms with Gasteiger partial charge in [-0.2, -0.15) is 5.10 Å². The maximum Gasteiger partial charge on any atom is 0.0643 e. The first-order valence-electron chi connectivity index (χ1n) is 6.47. The Hall–Kier alpha value is -1.61. The van der Waals surface area contributed by atoms with Crippen molar-refractivity contribution in [1.29, 1.82) is 0 Å². The van der Waals surface area contributed by atoms with Gasteiger partial charge in [0.15, 0.2) is 0 Å². The predicted molar refractivity (Wildman–Crippen MR) is 74.6 cm³/mol. The Bertz CT molecular complexity index is 473. The largest absolute Gasteiger partial charge is 0.313 e. The lowest BCUT2D eigenvalue weighted by atomic mass is 10.0. The van der Waals surface area contributed by atoms with Crippen molar-refractivity contribution in [3.05, 3.63) is 53.9 Å². The normalized spacial score (nSPS) is 12.9. The first-order chi connectivity index (χ1) is 8.70. The van der Waals surface area contributed by atoms with E-state index in [9.17, 15) is 0 Å². The zero-order valence-corrected chi connectivity index (χ0v) is 11.3. The molecule has 3 nitrogen and oxygen atoms in total. The first-order valence-corrected chi connectivity index (χ1v) is 6.47. The Morgan fingerprint density at radius 3 is 2.44 bits per heavy atom. The van der Waals surface area contributed by atoms with Gasteiger partial charge in [0.2, 0.25) is 0 Å². The molecule has 0 spiro atoms. The van der Waals surface area contributed by atoms with Gasteiger partial charge in [-0.3, -0.25) is 4.68 Å². The molecular formula is C15H21N3. The van der Waals surface area contributed by atoms with Gasteiger partial charge in [-0.25, -0.2) is 0 Å². The second kappa shape index (κ2) is 5.83. The molecule has 0 amide bonds. The average Bonchev–Trinajstić information content (AvgIpc) is 2.86. The number of rotatable bonds is 5. The highest BCUT2D eigenvalue weighted by Gasteiger charge is 2.11. The van der Waals surface area contributed by atoms with E-state index in [1.165, 1.54) is 5.56 Å². The Labute approximate surface area is 109 Å². The van der Waals surface area contributed by atoms with Crippen LogP contribution in [0.1, 0.15) is 37.2 Å². The van der Waals surface area contributed by atoms with E-state index in [0.717, 1.165) is 12.1 Å². The van der Waals surface area contributed by atoms with Crippen molar-refractivity contribution in [2.75, 3.05) is 7.05 Å². The fourth-order valence-electron chi connectivity index (χ4n) is 2.05. The quantitative estimate of drug-likeness (QED) is 0.875. The fraction of sp³-hybridized carbons (Fsp3) is 0.400. The number of nitrogens with zero attached hydrogens (tertiary/aromatic N) is 2. The Morgan fingerprint density at radius 1 is 1.17 bits per heavy atom. The van der Waals surface area contributed by atoms with Crippen molar-refractivity contribution in [2.24, 2.45) is 0 Å². The molecule has 0 aliphatic rings. The van der Waals surface area contributed by atoms with Gasteiger partial charge in [-0.1, -0.05) is 30.3 Å². The Balaban J connectivity index is 2.10. The van der Waals surface area contributed by atoms with Gasteiger partial charge in [-0.05, 0) is 32.5 Å². The highest BCUT2D eigenvalue weighted by atomic mass is 15.3. The minimum Gasteiger partial charge on any atom is -0.313 e. The van der Waals surface area contributed by atoms with Crippen LogP contribution in [0.3, 0.4) is 0 Å². The molecule has 2 aromatic rings. The molecule has 1 aromatic heterocycles. The lowest BCUT2D eigenvalue weighted by Crippen LogP contribution is -2.19. The smallest absolute Gasteiger partial charge is 0.0643 e. The maximum absolute atomic E-state index is 4.60. The summed E-state index contributed by atoms with van der Waals surface area (Å²) < 4.78 is 2.01. The van der Waals surface area contributed by atoms with Crippen molar-refractivity contribution >= 4 is 0 Å². The van der Waals surface area contributed by atoms with Crippen LogP contribution in [0.25, 0.3) is 0 Å². The van der Waals surface area contributed by atoms with E-state index >= 15 is 0 Å². The number of hydrogen-bond donors (Lipinski definition) is 1. The highest BCUT2D eigenvalue weighted by molar-refractivity contribution is 5.20.